The summed E-state index contributed by atoms with van der Waals surface area (Å²) in [6, 6.07) is 14.1. The van der Waals surface area contributed by atoms with Crippen LogP contribution in [-0.4, -0.2) is 26.2 Å². The number of sulfonamides is 1. The number of rotatable bonds is 4. The van der Waals surface area contributed by atoms with E-state index in [9.17, 15) is 8.42 Å². The van der Waals surface area contributed by atoms with Crippen LogP contribution >= 0.6 is 11.6 Å². The number of nitrogens with zero attached hydrogens (tertiary/aromatic N) is 1. The van der Waals surface area contributed by atoms with E-state index < -0.39 is 16.1 Å². The van der Waals surface area contributed by atoms with Crippen LogP contribution in [0.4, 0.5) is 0 Å². The Bertz CT molecular complexity index is 862. The Hall–Kier alpha value is -2.02. The monoisotopic (exact) mass is 364 g/mol. The minimum atomic E-state index is -3.45. The first-order valence-corrected chi connectivity index (χ1v) is 9.49. The summed E-state index contributed by atoms with van der Waals surface area (Å²) < 4.78 is 30.7. The normalized spacial score (nSPS) is 18.1. The van der Waals surface area contributed by atoms with Crippen molar-refractivity contribution in [2.24, 2.45) is 0 Å². The molecule has 1 aliphatic rings. The summed E-state index contributed by atoms with van der Waals surface area (Å²) in [5, 5.41) is 0.606. The summed E-state index contributed by atoms with van der Waals surface area (Å²) in [6.45, 7) is 0. The van der Waals surface area contributed by atoms with Crippen LogP contribution in [0, 0.1) is 0 Å². The largest absolute Gasteiger partial charge is 0.497 e. The number of benzene rings is 2. The molecule has 0 radical (unpaired) electrons. The van der Waals surface area contributed by atoms with Gasteiger partial charge < -0.3 is 10.2 Å². The smallest absolute Gasteiger partial charge is 0.228 e. The van der Waals surface area contributed by atoms with Gasteiger partial charge in [-0.15, -0.1) is 4.41 Å². The highest BCUT2D eigenvalue weighted by molar-refractivity contribution is 7.88. The summed E-state index contributed by atoms with van der Waals surface area (Å²) in [7, 11) is -1.85. The number of methoxy groups -OCH3 is 1. The lowest BCUT2D eigenvalue weighted by Crippen LogP contribution is -2.38. The number of halogens is 1. The van der Waals surface area contributed by atoms with E-state index in [-0.39, 0.29) is 0 Å². The molecule has 126 valence electrons. The molecule has 3 rings (SSSR count). The Morgan fingerprint density at radius 3 is 2.25 bits per heavy atom. The number of nitrogens with one attached hydrogen (secondary N) is 1. The van der Waals surface area contributed by atoms with Gasteiger partial charge >= 0.3 is 0 Å². The maximum Gasteiger partial charge on any atom is 0.228 e. The zero-order chi connectivity index (χ0) is 17.3. The van der Waals surface area contributed by atoms with Gasteiger partial charge in [-0.2, -0.15) is 0 Å². The summed E-state index contributed by atoms with van der Waals surface area (Å²) in [6.07, 6.45) is 3.06. The van der Waals surface area contributed by atoms with E-state index in [2.05, 4.69) is 5.43 Å². The van der Waals surface area contributed by atoms with Crippen LogP contribution in [0.3, 0.4) is 0 Å². The number of ether oxygens (including phenoxy) is 1. The van der Waals surface area contributed by atoms with Crippen LogP contribution < -0.4 is 10.2 Å². The topological polar surface area (TPSA) is 58.6 Å². The Balaban J connectivity index is 1.99. The molecule has 0 amide bonds. The molecule has 0 fully saturated rings. The lowest BCUT2D eigenvalue weighted by atomic mass is 10.1. The van der Waals surface area contributed by atoms with Crippen molar-refractivity contribution in [3.63, 3.8) is 0 Å². The third kappa shape index (κ3) is 3.40. The summed E-state index contributed by atoms with van der Waals surface area (Å²) >= 11 is 5.92. The van der Waals surface area contributed by atoms with E-state index in [1.54, 1.807) is 19.2 Å². The standard InChI is InChI=1S/C17H17ClN2O3S/c1-23-15-9-5-12(6-10-15)16-11-17(20(19-16)24(2,21)22)13-3-7-14(18)8-4-13/h3-11,17,19H,1-2H3/t17-/m1/s1. The van der Waals surface area contributed by atoms with E-state index in [0.29, 0.717) is 5.02 Å². The van der Waals surface area contributed by atoms with Crippen LogP contribution in [0.25, 0.3) is 5.70 Å². The zero-order valence-electron chi connectivity index (χ0n) is 13.2. The second-order valence-corrected chi connectivity index (χ2v) is 7.77. The van der Waals surface area contributed by atoms with Crippen molar-refractivity contribution in [1.82, 2.24) is 9.84 Å². The molecule has 1 N–H and O–H groups in total. The van der Waals surface area contributed by atoms with Crippen molar-refractivity contribution < 1.29 is 13.2 Å². The van der Waals surface area contributed by atoms with Crippen molar-refractivity contribution >= 4 is 27.3 Å². The minimum absolute atomic E-state index is 0.436. The van der Waals surface area contributed by atoms with Gasteiger partial charge in [0, 0.05) is 5.02 Å². The van der Waals surface area contributed by atoms with E-state index in [4.69, 9.17) is 16.3 Å². The molecule has 0 spiro atoms. The van der Waals surface area contributed by atoms with Gasteiger partial charge in [0.15, 0.2) is 0 Å². The molecule has 0 saturated heterocycles. The average molecular weight is 365 g/mol. The van der Waals surface area contributed by atoms with Gasteiger partial charge in [-0.3, -0.25) is 0 Å². The molecule has 2 aromatic carbocycles. The van der Waals surface area contributed by atoms with Gasteiger partial charge in [0.2, 0.25) is 10.0 Å². The van der Waals surface area contributed by atoms with Crippen molar-refractivity contribution in [3.05, 3.63) is 70.8 Å². The Kier molecular flexibility index (Phi) is 4.54. The third-order valence-electron chi connectivity index (χ3n) is 3.78. The van der Waals surface area contributed by atoms with Gasteiger partial charge in [-0.1, -0.05) is 23.7 Å². The SMILES string of the molecule is COc1ccc(C2=C[C@H](c3ccc(Cl)cc3)N(S(C)(=O)=O)N2)cc1. The molecule has 0 unspecified atom stereocenters. The molecule has 1 aliphatic heterocycles. The van der Waals surface area contributed by atoms with E-state index >= 15 is 0 Å². The minimum Gasteiger partial charge on any atom is -0.497 e. The molecule has 0 aliphatic carbocycles. The number of hydrogen-bond donors (Lipinski definition) is 1. The second kappa shape index (κ2) is 6.47. The molecule has 1 atom stereocenters. The summed E-state index contributed by atoms with van der Waals surface area (Å²) in [5.74, 6) is 0.742. The molecule has 5 nitrogen and oxygen atoms in total. The Morgan fingerprint density at radius 2 is 1.71 bits per heavy atom. The quantitative estimate of drug-likeness (QED) is 0.905. The fourth-order valence-electron chi connectivity index (χ4n) is 2.56. The predicted octanol–water partition coefficient (Wildman–Crippen LogP) is 3.21. The zero-order valence-corrected chi connectivity index (χ0v) is 14.8. The van der Waals surface area contributed by atoms with E-state index in [1.807, 2.05) is 42.5 Å². The molecule has 0 saturated carbocycles. The summed E-state index contributed by atoms with van der Waals surface area (Å²) in [4.78, 5) is 0. The molecule has 0 aromatic heterocycles. The van der Waals surface area contributed by atoms with Crippen molar-refractivity contribution in [2.75, 3.05) is 13.4 Å². The highest BCUT2D eigenvalue weighted by Gasteiger charge is 2.33. The van der Waals surface area contributed by atoms with Gasteiger partial charge in [0.25, 0.3) is 0 Å². The molecular formula is C17H17ClN2O3S. The predicted molar refractivity (Wildman–Crippen MR) is 95.0 cm³/mol. The second-order valence-electron chi connectivity index (χ2n) is 5.48. The Morgan fingerprint density at radius 1 is 1.08 bits per heavy atom. The molecule has 7 heteroatoms. The van der Waals surface area contributed by atoms with Gasteiger partial charge in [0.1, 0.15) is 5.75 Å². The van der Waals surface area contributed by atoms with E-state index in [0.717, 1.165) is 22.6 Å². The van der Waals surface area contributed by atoms with Crippen molar-refractivity contribution in [2.45, 2.75) is 6.04 Å². The lowest BCUT2D eigenvalue weighted by Gasteiger charge is -2.22. The Labute approximate surface area is 146 Å². The number of hydrogen-bond acceptors (Lipinski definition) is 4. The first-order valence-electron chi connectivity index (χ1n) is 7.26. The highest BCUT2D eigenvalue weighted by Crippen LogP contribution is 2.33. The van der Waals surface area contributed by atoms with Crippen molar-refractivity contribution in [1.29, 1.82) is 0 Å². The average Bonchev–Trinajstić information content (AvgIpc) is 3.01. The fourth-order valence-corrected chi connectivity index (χ4v) is 3.55. The van der Waals surface area contributed by atoms with E-state index in [1.165, 1.54) is 10.7 Å². The van der Waals surface area contributed by atoms with Crippen LogP contribution in [0.1, 0.15) is 17.2 Å². The maximum absolute atomic E-state index is 12.1. The molecule has 1 heterocycles. The van der Waals surface area contributed by atoms with Gasteiger partial charge in [0.05, 0.1) is 25.1 Å². The fraction of sp³-hybridized carbons (Fsp3) is 0.176. The number of hydrazine groups is 1. The molecule has 24 heavy (non-hydrogen) atoms. The first kappa shape index (κ1) is 16.8. The van der Waals surface area contributed by atoms with Gasteiger partial charge in [-0.25, -0.2) is 8.42 Å². The third-order valence-corrected chi connectivity index (χ3v) is 5.06. The maximum atomic E-state index is 12.1. The summed E-state index contributed by atoms with van der Waals surface area (Å²) in [5.41, 5.74) is 5.42. The lowest BCUT2D eigenvalue weighted by molar-refractivity contribution is 0.351. The van der Waals surface area contributed by atoms with Crippen LogP contribution in [-0.2, 0) is 10.0 Å². The van der Waals surface area contributed by atoms with Crippen LogP contribution in [0.15, 0.2) is 54.6 Å². The molecule has 0 bridgehead atoms. The molecule has 2 aromatic rings. The van der Waals surface area contributed by atoms with Crippen molar-refractivity contribution in [3.8, 4) is 5.75 Å². The van der Waals surface area contributed by atoms with Crippen LogP contribution in [0.5, 0.6) is 5.75 Å². The van der Waals surface area contributed by atoms with Gasteiger partial charge in [-0.05, 0) is 53.6 Å². The highest BCUT2D eigenvalue weighted by atomic mass is 35.5. The molecular weight excluding hydrogens is 348 g/mol. The first-order chi connectivity index (χ1) is 11.4. The van der Waals surface area contributed by atoms with Crippen LogP contribution in [0.2, 0.25) is 5.02 Å².